The molecule has 0 bridgehead atoms. The molecule has 0 fully saturated rings. The molecule has 1 N–H and O–H groups in total. The van der Waals surface area contributed by atoms with E-state index in [9.17, 15) is 4.79 Å². The SMILES string of the molecule is CCOc1ncccc1CNC(=O)CCc1nnc(-c2ccccc2)o1. The van der Waals surface area contributed by atoms with Crippen LogP contribution in [0.1, 0.15) is 24.8 Å². The Morgan fingerprint density at radius 1 is 1.15 bits per heavy atom. The first-order chi connectivity index (χ1) is 12.8. The molecule has 1 aromatic carbocycles. The molecule has 0 radical (unpaired) electrons. The average molecular weight is 352 g/mol. The first kappa shape index (κ1) is 17.6. The quantitative estimate of drug-likeness (QED) is 0.670. The van der Waals surface area contributed by atoms with Crippen molar-refractivity contribution in [3.63, 3.8) is 0 Å². The fourth-order valence-electron chi connectivity index (χ4n) is 2.38. The van der Waals surface area contributed by atoms with Gasteiger partial charge in [0.2, 0.25) is 23.6 Å². The maximum atomic E-state index is 12.1. The Hall–Kier alpha value is -3.22. The van der Waals surface area contributed by atoms with Crippen LogP contribution in [0.4, 0.5) is 0 Å². The molecule has 3 rings (SSSR count). The van der Waals surface area contributed by atoms with Crippen LogP contribution in [0.25, 0.3) is 11.5 Å². The van der Waals surface area contributed by atoms with Crippen LogP contribution in [-0.4, -0.2) is 27.7 Å². The van der Waals surface area contributed by atoms with Crippen molar-refractivity contribution in [3.8, 4) is 17.3 Å². The normalized spacial score (nSPS) is 10.5. The number of amides is 1. The van der Waals surface area contributed by atoms with Gasteiger partial charge in [0.25, 0.3) is 0 Å². The number of hydrogen-bond acceptors (Lipinski definition) is 6. The predicted octanol–water partition coefficient (Wildman–Crippen LogP) is 2.78. The van der Waals surface area contributed by atoms with Crippen molar-refractivity contribution >= 4 is 5.91 Å². The minimum atomic E-state index is -0.101. The zero-order chi connectivity index (χ0) is 18.2. The fourth-order valence-corrected chi connectivity index (χ4v) is 2.38. The standard InChI is InChI=1S/C19H20N4O3/c1-2-25-18-15(9-6-12-20-18)13-21-16(24)10-11-17-22-23-19(26-17)14-7-4-3-5-8-14/h3-9,12H,2,10-11,13H2,1H3,(H,21,24). The van der Waals surface area contributed by atoms with E-state index in [1.165, 1.54) is 0 Å². The van der Waals surface area contributed by atoms with Crippen LogP contribution in [0.15, 0.2) is 53.1 Å². The molecule has 0 saturated heterocycles. The van der Waals surface area contributed by atoms with E-state index in [4.69, 9.17) is 9.15 Å². The van der Waals surface area contributed by atoms with Gasteiger partial charge in [-0.1, -0.05) is 24.3 Å². The molecule has 0 aliphatic carbocycles. The van der Waals surface area contributed by atoms with Gasteiger partial charge < -0.3 is 14.5 Å². The van der Waals surface area contributed by atoms with Crippen molar-refractivity contribution in [2.24, 2.45) is 0 Å². The van der Waals surface area contributed by atoms with E-state index in [2.05, 4.69) is 20.5 Å². The Morgan fingerprint density at radius 2 is 2.00 bits per heavy atom. The molecule has 134 valence electrons. The van der Waals surface area contributed by atoms with Gasteiger partial charge in [-0.05, 0) is 25.1 Å². The van der Waals surface area contributed by atoms with Crippen molar-refractivity contribution in [2.45, 2.75) is 26.3 Å². The molecule has 7 nitrogen and oxygen atoms in total. The van der Waals surface area contributed by atoms with Gasteiger partial charge in [-0.2, -0.15) is 0 Å². The van der Waals surface area contributed by atoms with Crippen molar-refractivity contribution in [1.29, 1.82) is 0 Å². The van der Waals surface area contributed by atoms with Crippen LogP contribution in [0.5, 0.6) is 5.88 Å². The highest BCUT2D eigenvalue weighted by atomic mass is 16.5. The topological polar surface area (TPSA) is 90.1 Å². The summed E-state index contributed by atoms with van der Waals surface area (Å²) in [7, 11) is 0. The van der Waals surface area contributed by atoms with Crippen molar-refractivity contribution < 1.29 is 13.9 Å². The smallest absolute Gasteiger partial charge is 0.247 e. The van der Waals surface area contributed by atoms with Gasteiger partial charge in [0.1, 0.15) is 0 Å². The molecule has 0 aliphatic rings. The summed E-state index contributed by atoms with van der Waals surface area (Å²) in [4.78, 5) is 16.2. The van der Waals surface area contributed by atoms with Gasteiger partial charge in [-0.25, -0.2) is 4.98 Å². The molecular weight excluding hydrogens is 332 g/mol. The number of nitrogens with one attached hydrogen (secondary N) is 1. The molecular formula is C19H20N4O3. The van der Waals surface area contributed by atoms with Gasteiger partial charge in [0.15, 0.2) is 0 Å². The fraction of sp³-hybridized carbons (Fsp3) is 0.263. The number of aromatic nitrogens is 3. The molecule has 2 heterocycles. The molecule has 1 amide bonds. The highest BCUT2D eigenvalue weighted by Crippen LogP contribution is 2.17. The molecule has 26 heavy (non-hydrogen) atoms. The third-order valence-electron chi connectivity index (χ3n) is 3.66. The Kier molecular flexibility index (Phi) is 5.92. The van der Waals surface area contributed by atoms with Gasteiger partial charge in [0.05, 0.1) is 6.61 Å². The number of aryl methyl sites for hydroxylation is 1. The monoisotopic (exact) mass is 352 g/mol. The van der Waals surface area contributed by atoms with E-state index >= 15 is 0 Å². The lowest BCUT2D eigenvalue weighted by molar-refractivity contribution is -0.121. The molecule has 0 aliphatic heterocycles. The predicted molar refractivity (Wildman–Crippen MR) is 95.3 cm³/mol. The number of pyridine rings is 1. The average Bonchev–Trinajstić information content (AvgIpc) is 3.16. The molecule has 0 spiro atoms. The minimum Gasteiger partial charge on any atom is -0.478 e. The van der Waals surface area contributed by atoms with Crippen molar-refractivity contribution in [1.82, 2.24) is 20.5 Å². The van der Waals surface area contributed by atoms with Crippen LogP contribution in [-0.2, 0) is 17.8 Å². The van der Waals surface area contributed by atoms with E-state index in [0.717, 1.165) is 11.1 Å². The van der Waals surface area contributed by atoms with Crippen LogP contribution < -0.4 is 10.1 Å². The van der Waals surface area contributed by atoms with Gasteiger partial charge in [0, 0.05) is 36.7 Å². The molecule has 7 heteroatoms. The summed E-state index contributed by atoms with van der Waals surface area (Å²) >= 11 is 0. The maximum Gasteiger partial charge on any atom is 0.247 e. The van der Waals surface area contributed by atoms with Crippen LogP contribution in [0.2, 0.25) is 0 Å². The van der Waals surface area contributed by atoms with E-state index in [-0.39, 0.29) is 12.3 Å². The zero-order valence-electron chi connectivity index (χ0n) is 14.5. The number of nitrogens with zero attached hydrogens (tertiary/aromatic N) is 3. The van der Waals surface area contributed by atoms with Crippen LogP contribution in [0, 0.1) is 0 Å². The number of ether oxygens (including phenoxy) is 1. The third-order valence-corrected chi connectivity index (χ3v) is 3.66. The number of hydrogen-bond donors (Lipinski definition) is 1. The second kappa shape index (κ2) is 8.75. The van der Waals surface area contributed by atoms with Crippen molar-refractivity contribution in [3.05, 3.63) is 60.1 Å². The first-order valence-corrected chi connectivity index (χ1v) is 8.47. The number of rotatable bonds is 8. The number of benzene rings is 1. The van der Waals surface area contributed by atoms with Crippen LogP contribution >= 0.6 is 0 Å². The van der Waals surface area contributed by atoms with Gasteiger partial charge >= 0.3 is 0 Å². The van der Waals surface area contributed by atoms with E-state index in [1.807, 2.05) is 49.4 Å². The molecule has 3 aromatic rings. The zero-order valence-corrected chi connectivity index (χ0v) is 14.5. The molecule has 0 saturated carbocycles. The summed E-state index contributed by atoms with van der Waals surface area (Å²) in [6, 6.07) is 13.2. The molecule has 2 aromatic heterocycles. The van der Waals surface area contributed by atoms with E-state index in [1.54, 1.807) is 6.20 Å². The second-order valence-electron chi connectivity index (χ2n) is 5.54. The highest BCUT2D eigenvalue weighted by molar-refractivity contribution is 5.76. The largest absolute Gasteiger partial charge is 0.478 e. The lowest BCUT2D eigenvalue weighted by Crippen LogP contribution is -2.23. The second-order valence-corrected chi connectivity index (χ2v) is 5.54. The maximum absolute atomic E-state index is 12.1. The van der Waals surface area contributed by atoms with E-state index in [0.29, 0.717) is 37.2 Å². The summed E-state index contributed by atoms with van der Waals surface area (Å²) in [5.74, 6) is 1.34. The van der Waals surface area contributed by atoms with E-state index < -0.39 is 0 Å². The molecule has 0 atom stereocenters. The summed E-state index contributed by atoms with van der Waals surface area (Å²) in [5.41, 5.74) is 1.70. The Balaban J connectivity index is 1.50. The minimum absolute atomic E-state index is 0.101. The summed E-state index contributed by atoms with van der Waals surface area (Å²) in [6.45, 7) is 2.78. The lowest BCUT2D eigenvalue weighted by Gasteiger charge is -2.09. The Labute approximate surface area is 151 Å². The third kappa shape index (κ3) is 4.66. The Bertz CT molecular complexity index is 849. The Morgan fingerprint density at radius 3 is 2.81 bits per heavy atom. The summed E-state index contributed by atoms with van der Waals surface area (Å²) in [6.07, 6.45) is 2.31. The first-order valence-electron chi connectivity index (χ1n) is 8.47. The number of carbonyl (C=O) groups is 1. The molecule has 0 unspecified atom stereocenters. The number of carbonyl (C=O) groups excluding carboxylic acids is 1. The van der Waals surface area contributed by atoms with Crippen molar-refractivity contribution in [2.75, 3.05) is 6.61 Å². The summed E-state index contributed by atoms with van der Waals surface area (Å²) in [5, 5.41) is 10.9. The van der Waals surface area contributed by atoms with Gasteiger partial charge in [-0.3, -0.25) is 4.79 Å². The highest BCUT2D eigenvalue weighted by Gasteiger charge is 2.11. The van der Waals surface area contributed by atoms with Gasteiger partial charge in [-0.15, -0.1) is 10.2 Å². The lowest BCUT2D eigenvalue weighted by atomic mass is 10.2. The van der Waals surface area contributed by atoms with Crippen LogP contribution in [0.3, 0.4) is 0 Å². The summed E-state index contributed by atoms with van der Waals surface area (Å²) < 4.78 is 11.0.